The Labute approximate surface area is 136 Å². The average molecular weight is 319 g/mol. The zero-order valence-corrected chi connectivity index (χ0v) is 13.7. The number of hydrogen-bond donors (Lipinski definition) is 1. The monoisotopic (exact) mass is 319 g/mol. The van der Waals surface area contributed by atoms with Crippen molar-refractivity contribution in [2.75, 3.05) is 33.2 Å². The maximum atomic E-state index is 12.4. The predicted octanol–water partition coefficient (Wildman–Crippen LogP) is 1.40. The number of amides is 2. The third-order valence-corrected chi connectivity index (χ3v) is 4.88. The number of hydrogen-bond acceptors (Lipinski definition) is 4. The summed E-state index contributed by atoms with van der Waals surface area (Å²) >= 11 is 0. The van der Waals surface area contributed by atoms with E-state index in [1.807, 2.05) is 12.1 Å². The van der Waals surface area contributed by atoms with Crippen molar-refractivity contribution in [3.8, 4) is 0 Å². The van der Waals surface area contributed by atoms with E-state index < -0.39 is 0 Å². The van der Waals surface area contributed by atoms with Gasteiger partial charge in [0.1, 0.15) is 5.76 Å². The van der Waals surface area contributed by atoms with Crippen LogP contribution < -0.4 is 5.32 Å². The van der Waals surface area contributed by atoms with Crippen molar-refractivity contribution in [3.63, 3.8) is 0 Å². The molecule has 3 heterocycles. The molecule has 0 radical (unpaired) electrons. The zero-order valence-electron chi connectivity index (χ0n) is 13.7. The van der Waals surface area contributed by atoms with Gasteiger partial charge in [-0.25, -0.2) is 0 Å². The topological polar surface area (TPSA) is 65.8 Å². The molecular formula is C17H25N3O3. The van der Waals surface area contributed by atoms with E-state index in [-0.39, 0.29) is 23.8 Å². The summed E-state index contributed by atoms with van der Waals surface area (Å²) < 4.78 is 5.59. The molecule has 2 aliphatic heterocycles. The van der Waals surface area contributed by atoms with Crippen LogP contribution in [-0.2, 0) is 9.59 Å². The Morgan fingerprint density at radius 2 is 2.17 bits per heavy atom. The van der Waals surface area contributed by atoms with Crippen LogP contribution in [0.25, 0.3) is 0 Å². The molecule has 2 saturated heterocycles. The van der Waals surface area contributed by atoms with Gasteiger partial charge in [-0.2, -0.15) is 0 Å². The molecule has 0 aromatic carbocycles. The molecule has 0 aliphatic carbocycles. The molecule has 6 heteroatoms. The molecule has 6 nitrogen and oxygen atoms in total. The number of piperidine rings is 1. The highest BCUT2D eigenvalue weighted by atomic mass is 16.3. The number of nitrogens with one attached hydrogen (secondary N) is 1. The third-order valence-electron chi connectivity index (χ3n) is 4.88. The zero-order chi connectivity index (χ0) is 16.2. The lowest BCUT2D eigenvalue weighted by molar-refractivity contribution is -0.128. The lowest BCUT2D eigenvalue weighted by Crippen LogP contribution is -2.42. The number of nitrogens with zero attached hydrogens (tertiary/aromatic N) is 2. The summed E-state index contributed by atoms with van der Waals surface area (Å²) in [6, 6.07) is 3.93. The van der Waals surface area contributed by atoms with Gasteiger partial charge in [0, 0.05) is 26.6 Å². The van der Waals surface area contributed by atoms with Gasteiger partial charge in [0.2, 0.25) is 11.8 Å². The van der Waals surface area contributed by atoms with E-state index in [2.05, 4.69) is 10.2 Å². The first-order valence-corrected chi connectivity index (χ1v) is 8.44. The van der Waals surface area contributed by atoms with E-state index in [1.165, 1.54) is 19.3 Å². The van der Waals surface area contributed by atoms with Gasteiger partial charge in [0.15, 0.2) is 0 Å². The summed E-state index contributed by atoms with van der Waals surface area (Å²) in [7, 11) is 1.75. The summed E-state index contributed by atoms with van der Waals surface area (Å²) in [5.41, 5.74) is 0. The number of likely N-dealkylation sites (tertiary alicyclic amines) is 2. The summed E-state index contributed by atoms with van der Waals surface area (Å²) in [5, 5.41) is 3.03. The van der Waals surface area contributed by atoms with E-state index in [0.717, 1.165) is 18.8 Å². The van der Waals surface area contributed by atoms with Crippen molar-refractivity contribution in [1.82, 2.24) is 15.1 Å². The predicted molar refractivity (Wildman–Crippen MR) is 85.6 cm³/mol. The molecule has 0 unspecified atom stereocenters. The Kier molecular flexibility index (Phi) is 5.00. The van der Waals surface area contributed by atoms with Crippen LogP contribution >= 0.6 is 0 Å². The van der Waals surface area contributed by atoms with E-state index in [4.69, 9.17) is 4.42 Å². The Morgan fingerprint density at radius 3 is 2.78 bits per heavy atom. The Bertz CT molecular complexity index is 537. The van der Waals surface area contributed by atoms with Gasteiger partial charge in [-0.15, -0.1) is 0 Å². The molecule has 2 atom stereocenters. The molecular weight excluding hydrogens is 294 g/mol. The minimum absolute atomic E-state index is 0.0312. The maximum absolute atomic E-state index is 12.4. The first-order chi connectivity index (χ1) is 11.1. The fourth-order valence-corrected chi connectivity index (χ4v) is 3.50. The third kappa shape index (κ3) is 3.75. The van der Waals surface area contributed by atoms with Crippen LogP contribution in [0.1, 0.15) is 37.5 Å². The Balaban J connectivity index is 1.60. The molecule has 1 N–H and O–H groups in total. The van der Waals surface area contributed by atoms with Crippen LogP contribution in [0.3, 0.4) is 0 Å². The lowest BCUT2D eigenvalue weighted by atomic mass is 10.1. The fourth-order valence-electron chi connectivity index (χ4n) is 3.50. The molecule has 0 saturated carbocycles. The van der Waals surface area contributed by atoms with E-state index in [9.17, 15) is 9.59 Å². The van der Waals surface area contributed by atoms with Crippen LogP contribution in [0, 0.1) is 5.92 Å². The summed E-state index contributed by atoms with van der Waals surface area (Å²) in [5.74, 6) is 0.679. The number of rotatable bonds is 5. The van der Waals surface area contributed by atoms with E-state index >= 15 is 0 Å². The van der Waals surface area contributed by atoms with Gasteiger partial charge in [-0.1, -0.05) is 6.42 Å². The molecule has 1 aromatic heterocycles. The SMILES string of the molecule is CN1C[C@@H](C(=O)NC[C@H](c2ccco2)N2CCCCC2)CC1=O. The van der Waals surface area contributed by atoms with Crippen molar-refractivity contribution >= 4 is 11.8 Å². The number of carbonyl (C=O) groups is 2. The van der Waals surface area contributed by atoms with Crippen LogP contribution in [0.5, 0.6) is 0 Å². The van der Waals surface area contributed by atoms with E-state index in [0.29, 0.717) is 19.5 Å². The summed E-state index contributed by atoms with van der Waals surface area (Å²) in [6.45, 7) is 3.11. The first-order valence-electron chi connectivity index (χ1n) is 8.44. The molecule has 126 valence electrons. The number of furan rings is 1. The maximum Gasteiger partial charge on any atom is 0.225 e. The summed E-state index contributed by atoms with van der Waals surface area (Å²) in [4.78, 5) is 27.9. The molecule has 1 aromatic rings. The van der Waals surface area contributed by atoms with Crippen molar-refractivity contribution in [2.45, 2.75) is 31.7 Å². The van der Waals surface area contributed by atoms with Gasteiger partial charge in [-0.05, 0) is 38.1 Å². The fraction of sp³-hybridized carbons (Fsp3) is 0.647. The molecule has 3 rings (SSSR count). The first kappa shape index (κ1) is 16.1. The van der Waals surface area contributed by atoms with Crippen LogP contribution in [0.15, 0.2) is 22.8 Å². The van der Waals surface area contributed by atoms with Crippen molar-refractivity contribution in [3.05, 3.63) is 24.2 Å². The largest absolute Gasteiger partial charge is 0.468 e. The van der Waals surface area contributed by atoms with Crippen LogP contribution in [0.2, 0.25) is 0 Å². The summed E-state index contributed by atoms with van der Waals surface area (Å²) in [6.07, 6.45) is 5.64. The van der Waals surface area contributed by atoms with Gasteiger partial charge < -0.3 is 14.6 Å². The van der Waals surface area contributed by atoms with Crippen molar-refractivity contribution in [2.24, 2.45) is 5.92 Å². The van der Waals surface area contributed by atoms with Gasteiger partial charge in [-0.3, -0.25) is 14.5 Å². The Hall–Kier alpha value is -1.82. The normalized spacial score (nSPS) is 24.0. The highest BCUT2D eigenvalue weighted by molar-refractivity contribution is 5.89. The highest BCUT2D eigenvalue weighted by Crippen LogP contribution is 2.25. The highest BCUT2D eigenvalue weighted by Gasteiger charge is 2.33. The van der Waals surface area contributed by atoms with Crippen molar-refractivity contribution in [1.29, 1.82) is 0 Å². The lowest BCUT2D eigenvalue weighted by Gasteiger charge is -2.33. The molecule has 0 spiro atoms. The molecule has 2 fully saturated rings. The molecule has 23 heavy (non-hydrogen) atoms. The Morgan fingerprint density at radius 1 is 1.39 bits per heavy atom. The smallest absolute Gasteiger partial charge is 0.225 e. The number of carbonyl (C=O) groups excluding carboxylic acids is 2. The van der Waals surface area contributed by atoms with Crippen LogP contribution in [-0.4, -0.2) is 54.8 Å². The van der Waals surface area contributed by atoms with Gasteiger partial charge in [0.25, 0.3) is 0 Å². The van der Waals surface area contributed by atoms with Gasteiger partial charge >= 0.3 is 0 Å². The standard InChI is InChI=1S/C17H25N3O3/c1-19-12-13(10-16(19)21)17(22)18-11-14(15-6-5-9-23-15)20-7-3-2-4-8-20/h5-6,9,13-14H,2-4,7-8,10-12H2,1H3,(H,18,22)/t13-,14+/m0/s1. The molecule has 0 bridgehead atoms. The second kappa shape index (κ2) is 7.17. The molecule has 2 aliphatic rings. The second-order valence-electron chi connectivity index (χ2n) is 6.55. The van der Waals surface area contributed by atoms with Crippen molar-refractivity contribution < 1.29 is 14.0 Å². The average Bonchev–Trinajstić information content (AvgIpc) is 3.19. The minimum atomic E-state index is -0.230. The molecule has 2 amide bonds. The second-order valence-corrected chi connectivity index (χ2v) is 6.55. The van der Waals surface area contributed by atoms with Crippen LogP contribution in [0.4, 0.5) is 0 Å². The quantitative estimate of drug-likeness (QED) is 0.891. The van der Waals surface area contributed by atoms with E-state index in [1.54, 1.807) is 18.2 Å². The minimum Gasteiger partial charge on any atom is -0.468 e. The van der Waals surface area contributed by atoms with Gasteiger partial charge in [0.05, 0.1) is 18.2 Å².